The number of hydrogen-bond donors (Lipinski definition) is 0. The van der Waals surface area contributed by atoms with Gasteiger partial charge in [0.15, 0.2) is 17.0 Å². The van der Waals surface area contributed by atoms with Gasteiger partial charge < -0.3 is 9.47 Å². The Balaban J connectivity index is 1.91. The number of ketones is 1. The monoisotopic (exact) mass is 284 g/mol. The van der Waals surface area contributed by atoms with Crippen molar-refractivity contribution in [3.8, 4) is 12.1 Å². The van der Waals surface area contributed by atoms with Crippen molar-refractivity contribution < 1.29 is 14.3 Å². The molecule has 0 aromatic rings. The van der Waals surface area contributed by atoms with Gasteiger partial charge in [-0.15, -0.1) is 0 Å². The van der Waals surface area contributed by atoms with Crippen LogP contribution in [-0.2, 0) is 14.3 Å². The maximum Gasteiger partial charge on any atom is 0.186 e. The maximum absolute atomic E-state index is 11.5. The van der Waals surface area contributed by atoms with Gasteiger partial charge >= 0.3 is 0 Å². The molecule has 3 aliphatic rings. The fourth-order valence-corrected chi connectivity index (χ4v) is 3.32. The normalized spacial score (nSPS) is 24.4. The van der Waals surface area contributed by atoms with E-state index in [2.05, 4.69) is 12.1 Å². The quantitative estimate of drug-likeness (QED) is 0.726. The first-order valence-electron chi connectivity index (χ1n) is 7.18. The number of carbonyl (C=O) groups is 1. The van der Waals surface area contributed by atoms with Gasteiger partial charge in [0.1, 0.15) is 0 Å². The van der Waals surface area contributed by atoms with E-state index in [-0.39, 0.29) is 5.78 Å². The van der Waals surface area contributed by atoms with Gasteiger partial charge in [0.2, 0.25) is 0 Å². The molecule has 5 nitrogen and oxygen atoms in total. The molecule has 1 heterocycles. The largest absolute Gasteiger partial charge is 0.347 e. The molecule has 1 saturated heterocycles. The third kappa shape index (κ3) is 2.19. The van der Waals surface area contributed by atoms with Gasteiger partial charge in [0.05, 0.1) is 25.4 Å². The number of carbonyl (C=O) groups excluding carboxylic acids is 1. The second kappa shape index (κ2) is 5.11. The molecule has 0 atom stereocenters. The van der Waals surface area contributed by atoms with Gasteiger partial charge in [-0.1, -0.05) is 6.08 Å². The number of allylic oxidation sites excluding steroid dienone is 3. The van der Waals surface area contributed by atoms with Crippen LogP contribution in [0.5, 0.6) is 0 Å². The van der Waals surface area contributed by atoms with Gasteiger partial charge in [-0.2, -0.15) is 10.5 Å². The van der Waals surface area contributed by atoms with E-state index in [4.69, 9.17) is 9.47 Å². The van der Waals surface area contributed by atoms with Gasteiger partial charge in [0.25, 0.3) is 0 Å². The van der Waals surface area contributed by atoms with Crippen LogP contribution in [0.2, 0.25) is 0 Å². The topological polar surface area (TPSA) is 83.1 Å². The Morgan fingerprint density at radius 3 is 2.29 bits per heavy atom. The van der Waals surface area contributed by atoms with Crippen molar-refractivity contribution in [2.24, 2.45) is 5.41 Å². The molecule has 0 amide bonds. The number of ether oxygens (including phenoxy) is 2. The van der Waals surface area contributed by atoms with Crippen molar-refractivity contribution in [2.75, 3.05) is 13.2 Å². The number of hydrogen-bond acceptors (Lipinski definition) is 5. The van der Waals surface area contributed by atoms with Crippen LogP contribution < -0.4 is 0 Å². The Kier molecular flexibility index (Phi) is 3.41. The van der Waals surface area contributed by atoms with Gasteiger partial charge in [-0.05, 0) is 30.1 Å². The second-order valence-corrected chi connectivity index (χ2v) is 5.65. The summed E-state index contributed by atoms with van der Waals surface area (Å²) in [6, 6.07) is 4.29. The van der Waals surface area contributed by atoms with E-state index in [9.17, 15) is 15.3 Å². The molecule has 1 fully saturated rings. The molecule has 0 radical (unpaired) electrons. The molecule has 1 spiro atoms. The molecule has 0 unspecified atom stereocenters. The molecule has 0 N–H and O–H groups in total. The lowest BCUT2D eigenvalue weighted by atomic mass is 9.71. The SMILES string of the molecule is N#CC(C#N)(C1=CC(=O)CC1)C1=CCC2(CC1)OCCO2. The van der Waals surface area contributed by atoms with Crippen molar-refractivity contribution in [3.05, 3.63) is 23.3 Å². The minimum Gasteiger partial charge on any atom is -0.347 e. The Labute approximate surface area is 123 Å². The summed E-state index contributed by atoms with van der Waals surface area (Å²) in [7, 11) is 0. The number of nitrogens with zero attached hydrogens (tertiary/aromatic N) is 2. The fourth-order valence-electron chi connectivity index (χ4n) is 3.32. The van der Waals surface area contributed by atoms with Crippen LogP contribution in [0.4, 0.5) is 0 Å². The Hall–Kier alpha value is -1.95. The summed E-state index contributed by atoms with van der Waals surface area (Å²) in [6.07, 6.45) is 6.02. The fraction of sp³-hybridized carbons (Fsp3) is 0.562. The molecule has 108 valence electrons. The summed E-state index contributed by atoms with van der Waals surface area (Å²) in [5.74, 6) is -0.574. The summed E-state index contributed by atoms with van der Waals surface area (Å²) in [6.45, 7) is 1.18. The lowest BCUT2D eigenvalue weighted by molar-refractivity contribution is -0.161. The van der Waals surface area contributed by atoms with Crippen LogP contribution in [-0.4, -0.2) is 24.8 Å². The lowest BCUT2D eigenvalue weighted by Gasteiger charge is -2.34. The van der Waals surface area contributed by atoms with Crippen LogP contribution >= 0.6 is 0 Å². The molecule has 0 bridgehead atoms. The third-order valence-corrected chi connectivity index (χ3v) is 4.52. The van der Waals surface area contributed by atoms with Crippen molar-refractivity contribution >= 4 is 5.78 Å². The lowest BCUT2D eigenvalue weighted by Crippen LogP contribution is -2.34. The Bertz CT molecular complexity index is 598. The van der Waals surface area contributed by atoms with E-state index in [1.165, 1.54) is 6.08 Å². The highest BCUT2D eigenvalue weighted by molar-refractivity contribution is 5.93. The van der Waals surface area contributed by atoms with E-state index >= 15 is 0 Å². The molecule has 0 aromatic heterocycles. The zero-order chi connectivity index (χ0) is 14.9. The smallest absolute Gasteiger partial charge is 0.186 e. The first-order chi connectivity index (χ1) is 10.1. The zero-order valence-electron chi connectivity index (χ0n) is 11.7. The van der Waals surface area contributed by atoms with E-state index in [0.29, 0.717) is 50.9 Å². The van der Waals surface area contributed by atoms with E-state index < -0.39 is 11.2 Å². The molecule has 2 aliphatic carbocycles. The first kappa shape index (κ1) is 14.0. The van der Waals surface area contributed by atoms with Gasteiger partial charge in [-0.3, -0.25) is 4.79 Å². The highest BCUT2D eigenvalue weighted by atomic mass is 16.7. The zero-order valence-corrected chi connectivity index (χ0v) is 11.7. The molecular formula is C16H16N2O3. The van der Waals surface area contributed by atoms with E-state index in [1.807, 2.05) is 6.08 Å². The minimum absolute atomic E-state index is 0.00443. The number of nitriles is 2. The Morgan fingerprint density at radius 1 is 1.10 bits per heavy atom. The highest BCUT2D eigenvalue weighted by Gasteiger charge is 2.45. The van der Waals surface area contributed by atoms with Crippen molar-refractivity contribution in [2.45, 2.75) is 37.9 Å². The molecule has 1 aliphatic heterocycles. The molecule has 5 heteroatoms. The van der Waals surface area contributed by atoms with Crippen LogP contribution in [0.25, 0.3) is 0 Å². The van der Waals surface area contributed by atoms with Crippen LogP contribution in [0.3, 0.4) is 0 Å². The van der Waals surface area contributed by atoms with Gasteiger partial charge in [0, 0.05) is 19.3 Å². The Morgan fingerprint density at radius 2 is 1.81 bits per heavy atom. The van der Waals surface area contributed by atoms with Crippen molar-refractivity contribution in [3.63, 3.8) is 0 Å². The second-order valence-electron chi connectivity index (χ2n) is 5.65. The van der Waals surface area contributed by atoms with E-state index in [0.717, 1.165) is 5.57 Å². The minimum atomic E-state index is -1.30. The van der Waals surface area contributed by atoms with Crippen LogP contribution in [0.15, 0.2) is 23.3 Å². The molecule has 0 aromatic carbocycles. The summed E-state index contributed by atoms with van der Waals surface area (Å²) in [5.41, 5.74) is 0.109. The maximum atomic E-state index is 11.5. The van der Waals surface area contributed by atoms with Crippen LogP contribution in [0, 0.1) is 28.1 Å². The van der Waals surface area contributed by atoms with Gasteiger partial charge in [-0.25, -0.2) is 0 Å². The van der Waals surface area contributed by atoms with Crippen LogP contribution in [0.1, 0.15) is 32.1 Å². The first-order valence-corrected chi connectivity index (χ1v) is 7.18. The molecular weight excluding hydrogens is 268 g/mol. The standard InChI is InChI=1S/C16H16N2O3/c17-10-15(11-18,13-1-2-14(19)9-13)12-3-5-16(6-4-12)20-7-8-21-16/h3,9H,1-2,4-8H2. The van der Waals surface area contributed by atoms with E-state index in [1.54, 1.807) is 0 Å². The summed E-state index contributed by atoms with van der Waals surface area (Å²) in [5, 5.41) is 19.2. The summed E-state index contributed by atoms with van der Waals surface area (Å²) >= 11 is 0. The molecule has 0 saturated carbocycles. The average molecular weight is 284 g/mol. The molecule has 21 heavy (non-hydrogen) atoms. The predicted octanol–water partition coefficient (Wildman–Crippen LogP) is 2.16. The van der Waals surface area contributed by atoms with Crippen molar-refractivity contribution in [1.82, 2.24) is 0 Å². The third-order valence-electron chi connectivity index (χ3n) is 4.52. The average Bonchev–Trinajstić information content (AvgIpc) is 3.13. The number of rotatable bonds is 2. The summed E-state index contributed by atoms with van der Waals surface area (Å²) < 4.78 is 11.3. The van der Waals surface area contributed by atoms with Crippen molar-refractivity contribution in [1.29, 1.82) is 10.5 Å². The predicted molar refractivity (Wildman–Crippen MR) is 72.6 cm³/mol. The molecule has 3 rings (SSSR count). The summed E-state index contributed by atoms with van der Waals surface area (Å²) in [4.78, 5) is 11.5. The highest BCUT2D eigenvalue weighted by Crippen LogP contribution is 2.46.